The van der Waals surface area contributed by atoms with Crippen LogP contribution in [0.1, 0.15) is 17.7 Å². The second kappa shape index (κ2) is 5.77. The minimum atomic E-state index is -5.14. The molecule has 0 radical (unpaired) electrons. The number of aromatic nitrogens is 1. The van der Waals surface area contributed by atoms with Gasteiger partial charge in [0.05, 0.1) is 6.20 Å². The zero-order valence-electron chi connectivity index (χ0n) is 9.29. The van der Waals surface area contributed by atoms with Gasteiger partial charge in [-0.05, 0) is 0 Å². The first-order valence-electron chi connectivity index (χ1n) is 4.61. The number of nitrogens with two attached hydrogens (primary N) is 1. The van der Waals surface area contributed by atoms with Crippen LogP contribution < -0.4 is 9.88 Å². The number of ether oxygens (including phenoxy) is 1. The highest BCUT2D eigenvalue weighted by molar-refractivity contribution is 9.08. The molecule has 1 rings (SSSR count). The first kappa shape index (κ1) is 17.0. The van der Waals surface area contributed by atoms with Crippen LogP contribution in [0.5, 0.6) is 5.75 Å². The molecule has 5 nitrogen and oxygen atoms in total. The Morgan fingerprint density at radius 3 is 2.30 bits per heavy atom. The van der Waals surface area contributed by atoms with Gasteiger partial charge in [0.15, 0.2) is 5.75 Å². The molecule has 20 heavy (non-hydrogen) atoms. The second-order valence-electron chi connectivity index (χ2n) is 3.34. The number of hydrogen-bond acceptors (Lipinski definition) is 4. The third-order valence-electron chi connectivity index (χ3n) is 1.98. The van der Waals surface area contributed by atoms with E-state index in [2.05, 4.69) is 25.7 Å². The minimum Gasteiger partial charge on any atom is -0.404 e. The van der Waals surface area contributed by atoms with Gasteiger partial charge in [0.2, 0.25) is 10.0 Å². The number of hydrogen-bond donors (Lipinski definition) is 1. The Hall–Kier alpha value is -1.01. The largest absolute Gasteiger partial charge is 0.573 e. The minimum absolute atomic E-state index is 0.361. The lowest BCUT2D eigenvalue weighted by atomic mass is 10.2. The average Bonchev–Trinajstić information content (AvgIpc) is 2.24. The summed E-state index contributed by atoms with van der Waals surface area (Å²) in [5.41, 5.74) is -1.92. The summed E-state index contributed by atoms with van der Waals surface area (Å²) in [4.78, 5) is 1.79. The molecule has 1 aromatic heterocycles. The topological polar surface area (TPSA) is 82.3 Å². The van der Waals surface area contributed by atoms with Gasteiger partial charge in [-0.25, -0.2) is 27.3 Å². The fourth-order valence-electron chi connectivity index (χ4n) is 1.34. The molecule has 0 saturated carbocycles. The van der Waals surface area contributed by atoms with Gasteiger partial charge in [-0.2, -0.15) is 0 Å². The molecule has 114 valence electrons. The Kier molecular flexibility index (Phi) is 4.92. The summed E-state index contributed by atoms with van der Waals surface area (Å²) in [6.45, 7) is 0. The van der Waals surface area contributed by atoms with Crippen LogP contribution in [0.4, 0.5) is 22.0 Å². The predicted molar refractivity (Wildman–Crippen MR) is 59.9 cm³/mol. The fourth-order valence-corrected chi connectivity index (χ4v) is 3.04. The van der Waals surface area contributed by atoms with Crippen LogP contribution in [0.2, 0.25) is 0 Å². The lowest BCUT2D eigenvalue weighted by Crippen LogP contribution is -2.22. The van der Waals surface area contributed by atoms with Gasteiger partial charge in [0.25, 0.3) is 6.43 Å². The van der Waals surface area contributed by atoms with Crippen molar-refractivity contribution < 1.29 is 35.1 Å². The van der Waals surface area contributed by atoms with Gasteiger partial charge in [0, 0.05) is 10.9 Å². The maximum atomic E-state index is 12.7. The molecule has 0 aliphatic rings. The molecule has 1 aromatic rings. The second-order valence-corrected chi connectivity index (χ2v) is 5.40. The van der Waals surface area contributed by atoms with E-state index in [1.54, 1.807) is 0 Å². The molecule has 0 atom stereocenters. The van der Waals surface area contributed by atoms with E-state index in [1.807, 2.05) is 0 Å². The van der Waals surface area contributed by atoms with Crippen molar-refractivity contribution in [2.45, 2.75) is 23.0 Å². The molecule has 0 aliphatic carbocycles. The number of primary sulfonamides is 1. The Morgan fingerprint density at radius 1 is 1.40 bits per heavy atom. The summed E-state index contributed by atoms with van der Waals surface area (Å²) in [6, 6.07) is 0. The molecular formula is C8H6BrF5N2O3S. The van der Waals surface area contributed by atoms with E-state index >= 15 is 0 Å². The molecule has 0 amide bonds. The lowest BCUT2D eigenvalue weighted by Gasteiger charge is -2.16. The summed E-state index contributed by atoms with van der Waals surface area (Å²) in [5, 5.41) is 4.24. The van der Waals surface area contributed by atoms with Crippen LogP contribution in [-0.4, -0.2) is 19.8 Å². The first-order valence-corrected chi connectivity index (χ1v) is 7.28. The van der Waals surface area contributed by atoms with Gasteiger partial charge in [-0.15, -0.1) is 13.2 Å². The molecule has 0 spiro atoms. The van der Waals surface area contributed by atoms with Crippen molar-refractivity contribution in [3.63, 3.8) is 0 Å². The van der Waals surface area contributed by atoms with Crippen molar-refractivity contribution in [1.82, 2.24) is 4.98 Å². The van der Waals surface area contributed by atoms with Crippen molar-refractivity contribution in [3.8, 4) is 5.75 Å². The zero-order valence-corrected chi connectivity index (χ0v) is 11.7. The molecule has 1 heterocycles. The van der Waals surface area contributed by atoms with E-state index in [-0.39, 0.29) is 0 Å². The number of sulfonamides is 1. The Labute approximate surface area is 118 Å². The van der Waals surface area contributed by atoms with E-state index in [0.29, 0.717) is 6.20 Å². The molecule has 2 N–H and O–H groups in total. The van der Waals surface area contributed by atoms with Crippen LogP contribution >= 0.6 is 15.9 Å². The van der Waals surface area contributed by atoms with Gasteiger partial charge < -0.3 is 4.74 Å². The first-order chi connectivity index (χ1) is 8.97. The highest BCUT2D eigenvalue weighted by Gasteiger charge is 2.35. The van der Waals surface area contributed by atoms with Crippen molar-refractivity contribution in [2.24, 2.45) is 5.14 Å². The number of nitrogens with zero attached hydrogens (tertiary/aromatic N) is 1. The molecule has 12 heteroatoms. The highest BCUT2D eigenvalue weighted by atomic mass is 79.9. The molecule has 0 aromatic carbocycles. The molecular weight excluding hydrogens is 379 g/mol. The Balaban J connectivity index is 3.62. The Morgan fingerprint density at radius 2 is 1.95 bits per heavy atom. The summed E-state index contributed by atoms with van der Waals surface area (Å²) >= 11 is 2.70. The molecule has 0 fully saturated rings. The third kappa shape index (κ3) is 3.99. The van der Waals surface area contributed by atoms with Crippen LogP contribution in [-0.2, 0) is 15.4 Å². The van der Waals surface area contributed by atoms with Crippen molar-refractivity contribution in [1.29, 1.82) is 0 Å². The number of alkyl halides is 6. The van der Waals surface area contributed by atoms with E-state index in [4.69, 9.17) is 5.14 Å². The SMILES string of the molecule is NS(=O)(=O)c1c(C(F)F)ncc(OC(F)(F)F)c1CBr. The summed E-state index contributed by atoms with van der Waals surface area (Å²) < 4.78 is 88.0. The van der Waals surface area contributed by atoms with Crippen LogP contribution in [0.15, 0.2) is 11.1 Å². The monoisotopic (exact) mass is 384 g/mol. The Bertz CT molecular complexity index is 605. The van der Waals surface area contributed by atoms with E-state index in [1.165, 1.54) is 0 Å². The fraction of sp³-hybridized carbons (Fsp3) is 0.375. The standard InChI is InChI=1S/C8H6BrF5N2O3S/c9-1-3-4(19-8(12,13)14)2-16-5(7(10)11)6(3)20(15,17)18/h2,7H,1H2,(H2,15,17,18). The normalized spacial score (nSPS) is 12.8. The van der Waals surface area contributed by atoms with Crippen molar-refractivity contribution in [2.75, 3.05) is 0 Å². The number of pyridine rings is 1. The van der Waals surface area contributed by atoms with Crippen LogP contribution in [0, 0.1) is 0 Å². The maximum absolute atomic E-state index is 12.7. The van der Waals surface area contributed by atoms with Crippen LogP contribution in [0.25, 0.3) is 0 Å². The highest BCUT2D eigenvalue weighted by Crippen LogP contribution is 2.35. The van der Waals surface area contributed by atoms with Gasteiger partial charge in [0.1, 0.15) is 10.6 Å². The molecule has 0 unspecified atom stereocenters. The molecule has 0 aliphatic heterocycles. The maximum Gasteiger partial charge on any atom is 0.573 e. The van der Waals surface area contributed by atoms with Crippen molar-refractivity contribution >= 4 is 26.0 Å². The quantitative estimate of drug-likeness (QED) is 0.638. The van der Waals surface area contributed by atoms with Gasteiger partial charge >= 0.3 is 6.36 Å². The number of halogens is 6. The summed E-state index contributed by atoms with van der Waals surface area (Å²) in [6.07, 6.45) is -8.11. The van der Waals surface area contributed by atoms with E-state index < -0.39 is 50.0 Å². The lowest BCUT2D eigenvalue weighted by molar-refractivity contribution is -0.275. The van der Waals surface area contributed by atoms with E-state index in [0.717, 1.165) is 0 Å². The van der Waals surface area contributed by atoms with Crippen molar-refractivity contribution in [3.05, 3.63) is 17.5 Å². The number of rotatable bonds is 4. The molecule has 0 saturated heterocycles. The third-order valence-corrected chi connectivity index (χ3v) is 3.56. The molecule has 0 bridgehead atoms. The smallest absolute Gasteiger partial charge is 0.404 e. The van der Waals surface area contributed by atoms with Gasteiger partial charge in [-0.1, -0.05) is 15.9 Å². The average molecular weight is 385 g/mol. The van der Waals surface area contributed by atoms with E-state index in [9.17, 15) is 30.4 Å². The van der Waals surface area contributed by atoms with Crippen LogP contribution in [0.3, 0.4) is 0 Å². The summed E-state index contributed by atoms with van der Waals surface area (Å²) in [7, 11) is -4.72. The van der Waals surface area contributed by atoms with Gasteiger partial charge in [-0.3, -0.25) is 0 Å². The zero-order chi connectivity index (χ0) is 15.7. The summed E-state index contributed by atoms with van der Waals surface area (Å²) in [5.74, 6) is -1.03. The predicted octanol–water partition coefficient (Wildman–Crippen LogP) is 2.46.